The van der Waals surface area contributed by atoms with E-state index in [4.69, 9.17) is 21.5 Å². The van der Waals surface area contributed by atoms with Crippen LogP contribution < -0.4 is 0 Å². The molecule has 1 aliphatic rings. The van der Waals surface area contributed by atoms with Crippen LogP contribution in [0, 0.1) is 17.9 Å². The Morgan fingerprint density at radius 1 is 0.516 bits per heavy atom. The van der Waals surface area contributed by atoms with Crippen molar-refractivity contribution in [1.82, 2.24) is 19.5 Å². The Labute approximate surface area is 359 Å². The molecule has 0 spiro atoms. The maximum Gasteiger partial charge on any atom is 0.187 e. The topological polar surface area (TPSA) is 71.8 Å². The number of hydrogen-bond donors (Lipinski definition) is 0. The first kappa shape index (κ1) is 36.6. The molecule has 8 aromatic carbocycles. The lowest BCUT2D eigenvalue weighted by molar-refractivity contribution is 0.666. The van der Waals surface area contributed by atoms with Crippen molar-refractivity contribution in [3.63, 3.8) is 0 Å². The molecule has 0 saturated heterocycles. The fourth-order valence-corrected chi connectivity index (χ4v) is 9.39. The molecule has 10 aromatic rings. The maximum absolute atomic E-state index is 9.90. The highest BCUT2D eigenvalue weighted by Gasteiger charge is 2.38. The smallest absolute Gasteiger partial charge is 0.187 e. The van der Waals surface area contributed by atoms with E-state index in [1.165, 1.54) is 33.0 Å². The van der Waals surface area contributed by atoms with Crippen molar-refractivity contribution in [3.05, 3.63) is 210 Å². The summed E-state index contributed by atoms with van der Waals surface area (Å²) in [5.74, 6) is 1.67. The lowest BCUT2D eigenvalue weighted by atomic mass is 9.80. The first-order valence-electron chi connectivity index (χ1n) is 20.6. The molecule has 0 bridgehead atoms. The van der Waals surface area contributed by atoms with Gasteiger partial charge in [-0.2, -0.15) is 5.26 Å². The SMILES string of the molecule is [C-]#[N+]c1ccc(-c2cc(-c3nc(-c4ccccc4)nc(-c4ccccc4)n3)cc(-c3ccc(C#N)cc3)c2-n2c3ccccc3c3c4c(ccc32)-c2ccccc2C4(C)C)cc1. The third-order valence-electron chi connectivity index (χ3n) is 12.3. The zero-order valence-electron chi connectivity index (χ0n) is 34.0. The number of rotatable bonds is 6. The molecule has 6 nitrogen and oxygen atoms in total. The minimum atomic E-state index is -0.246. The lowest BCUT2D eigenvalue weighted by Crippen LogP contribution is -2.15. The summed E-state index contributed by atoms with van der Waals surface area (Å²) < 4.78 is 2.41. The van der Waals surface area contributed by atoms with Crippen LogP contribution in [0.5, 0.6) is 0 Å². The van der Waals surface area contributed by atoms with Crippen LogP contribution in [0.1, 0.15) is 30.5 Å². The van der Waals surface area contributed by atoms with Gasteiger partial charge in [0.1, 0.15) is 0 Å². The number of para-hydroxylation sites is 1. The second-order valence-corrected chi connectivity index (χ2v) is 16.2. The summed E-state index contributed by atoms with van der Waals surface area (Å²) in [5.41, 5.74) is 15.5. The van der Waals surface area contributed by atoms with Crippen LogP contribution in [0.25, 0.3) is 99.9 Å². The molecule has 62 heavy (non-hydrogen) atoms. The average molecular weight is 793 g/mol. The summed E-state index contributed by atoms with van der Waals surface area (Å²) in [6.45, 7) is 12.5. The van der Waals surface area contributed by atoms with Gasteiger partial charge in [-0.3, -0.25) is 0 Å². The molecule has 0 aliphatic heterocycles. The zero-order valence-corrected chi connectivity index (χ0v) is 34.0. The van der Waals surface area contributed by atoms with E-state index in [0.29, 0.717) is 28.7 Å². The van der Waals surface area contributed by atoms with Gasteiger partial charge < -0.3 is 4.57 Å². The van der Waals surface area contributed by atoms with Crippen LogP contribution in [0.15, 0.2) is 182 Å². The van der Waals surface area contributed by atoms with E-state index in [1.807, 2.05) is 109 Å². The first-order chi connectivity index (χ1) is 30.4. The van der Waals surface area contributed by atoms with Crippen molar-refractivity contribution in [2.75, 3.05) is 0 Å². The Balaban J connectivity index is 1.27. The van der Waals surface area contributed by atoms with Crippen LogP contribution in [0.3, 0.4) is 0 Å². The van der Waals surface area contributed by atoms with Gasteiger partial charge in [0.15, 0.2) is 23.2 Å². The van der Waals surface area contributed by atoms with Crippen LogP contribution in [0.2, 0.25) is 0 Å². The predicted octanol–water partition coefficient (Wildman–Crippen LogP) is 14.0. The normalized spacial score (nSPS) is 12.5. The molecule has 2 aromatic heterocycles. The number of aromatic nitrogens is 4. The molecule has 0 unspecified atom stereocenters. The monoisotopic (exact) mass is 792 g/mol. The summed E-state index contributed by atoms with van der Waals surface area (Å²) in [7, 11) is 0. The van der Waals surface area contributed by atoms with Gasteiger partial charge >= 0.3 is 0 Å². The Morgan fingerprint density at radius 2 is 1.06 bits per heavy atom. The Hall–Kier alpha value is -8.45. The molecule has 0 amide bonds. The van der Waals surface area contributed by atoms with E-state index >= 15 is 0 Å². The van der Waals surface area contributed by atoms with Gasteiger partial charge in [-0.15, -0.1) is 0 Å². The maximum atomic E-state index is 9.90. The Bertz CT molecular complexity index is 3340. The summed E-state index contributed by atoms with van der Waals surface area (Å²) in [6.07, 6.45) is 0. The number of fused-ring (bicyclic) bond motifs is 7. The van der Waals surface area contributed by atoms with Gasteiger partial charge in [-0.1, -0.05) is 159 Å². The molecule has 290 valence electrons. The molecule has 11 rings (SSSR count). The molecular formula is C56H36N6. The van der Waals surface area contributed by atoms with Gasteiger partial charge in [-0.25, -0.2) is 19.8 Å². The quantitative estimate of drug-likeness (QED) is 0.157. The Kier molecular flexibility index (Phi) is 8.49. The fourth-order valence-electron chi connectivity index (χ4n) is 9.39. The van der Waals surface area contributed by atoms with Gasteiger partial charge in [0, 0.05) is 44.0 Å². The minimum Gasteiger partial charge on any atom is -0.308 e. The summed E-state index contributed by atoms with van der Waals surface area (Å²) in [4.78, 5) is 19.1. The Morgan fingerprint density at radius 3 is 1.68 bits per heavy atom. The molecule has 0 saturated carbocycles. The third kappa shape index (κ3) is 5.81. The van der Waals surface area contributed by atoms with E-state index < -0.39 is 0 Å². The molecular weight excluding hydrogens is 757 g/mol. The standard InChI is InChI=1S/C56H36N6/c1-56(2)47-20-12-10-18-42(47)43-30-31-49-50(51(43)56)44-19-11-13-21-48(44)62(49)52-45(36-24-22-35(34-57)23-25-36)32-40(33-46(52)37-26-28-41(58-3)29-27-37)55-60-53(38-14-6-4-7-15-38)59-54(61-55)39-16-8-5-9-17-39/h4-33H,1-2H3. The fraction of sp³-hybridized carbons (Fsp3) is 0.0536. The zero-order chi connectivity index (χ0) is 42.0. The van der Waals surface area contributed by atoms with Crippen LogP contribution >= 0.6 is 0 Å². The molecule has 0 N–H and O–H groups in total. The average Bonchev–Trinajstić information content (AvgIpc) is 3.79. The molecule has 6 heteroatoms. The van der Waals surface area contributed by atoms with Gasteiger partial charge in [0.2, 0.25) is 0 Å². The largest absolute Gasteiger partial charge is 0.308 e. The van der Waals surface area contributed by atoms with Gasteiger partial charge in [0.25, 0.3) is 0 Å². The highest BCUT2D eigenvalue weighted by Crippen LogP contribution is 2.54. The van der Waals surface area contributed by atoms with E-state index in [-0.39, 0.29) is 5.41 Å². The lowest BCUT2D eigenvalue weighted by Gasteiger charge is -2.23. The number of nitriles is 1. The third-order valence-corrected chi connectivity index (χ3v) is 12.3. The summed E-state index contributed by atoms with van der Waals surface area (Å²) in [5, 5.41) is 12.3. The number of nitrogens with zero attached hydrogens (tertiary/aromatic N) is 6. The highest BCUT2D eigenvalue weighted by molar-refractivity contribution is 6.15. The van der Waals surface area contributed by atoms with E-state index in [9.17, 15) is 5.26 Å². The summed E-state index contributed by atoms with van der Waals surface area (Å²) >= 11 is 0. The summed E-state index contributed by atoms with van der Waals surface area (Å²) in [6, 6.07) is 64.3. The van der Waals surface area contributed by atoms with Crippen molar-refractivity contribution in [2.45, 2.75) is 19.3 Å². The van der Waals surface area contributed by atoms with E-state index in [2.05, 4.69) is 102 Å². The molecule has 2 heterocycles. The second kappa shape index (κ2) is 14.4. The van der Waals surface area contributed by atoms with E-state index in [1.54, 1.807) is 0 Å². The first-order valence-corrected chi connectivity index (χ1v) is 20.6. The highest BCUT2D eigenvalue weighted by atomic mass is 15.0. The molecule has 1 aliphatic carbocycles. The van der Waals surface area contributed by atoms with Crippen molar-refractivity contribution in [2.24, 2.45) is 0 Å². The van der Waals surface area contributed by atoms with Crippen LogP contribution in [-0.2, 0) is 5.41 Å². The second-order valence-electron chi connectivity index (χ2n) is 16.2. The molecule has 0 radical (unpaired) electrons. The van der Waals surface area contributed by atoms with Crippen molar-refractivity contribution in [1.29, 1.82) is 5.26 Å². The number of benzene rings is 8. The van der Waals surface area contributed by atoms with Crippen LogP contribution in [-0.4, -0.2) is 19.5 Å². The van der Waals surface area contributed by atoms with Crippen LogP contribution in [0.4, 0.5) is 5.69 Å². The van der Waals surface area contributed by atoms with Gasteiger partial charge in [0.05, 0.1) is 34.9 Å². The van der Waals surface area contributed by atoms with Crippen molar-refractivity contribution >= 4 is 27.5 Å². The molecule has 0 atom stereocenters. The minimum absolute atomic E-state index is 0.246. The molecule has 0 fully saturated rings. The number of hydrogen-bond acceptors (Lipinski definition) is 4. The van der Waals surface area contributed by atoms with Crippen molar-refractivity contribution < 1.29 is 0 Å². The van der Waals surface area contributed by atoms with Gasteiger partial charge in [-0.05, 0) is 69.8 Å². The van der Waals surface area contributed by atoms with E-state index in [0.717, 1.165) is 55.7 Å². The van der Waals surface area contributed by atoms with Crippen molar-refractivity contribution in [3.8, 4) is 79.3 Å². The predicted molar refractivity (Wildman–Crippen MR) is 250 cm³/mol.